The van der Waals surface area contributed by atoms with E-state index >= 15 is 0 Å². The number of hydrogen-bond donors (Lipinski definition) is 1. The van der Waals surface area contributed by atoms with Gasteiger partial charge in [0.25, 0.3) is 0 Å². The zero-order valence-electron chi connectivity index (χ0n) is 12.6. The van der Waals surface area contributed by atoms with Crippen LogP contribution in [0.25, 0.3) is 0 Å². The van der Waals surface area contributed by atoms with E-state index in [9.17, 15) is 0 Å². The van der Waals surface area contributed by atoms with E-state index < -0.39 is 0 Å². The molecular weight excluding hydrogens is 262 g/mol. The number of nitrogens with zero attached hydrogens (tertiary/aromatic N) is 2. The van der Waals surface area contributed by atoms with Crippen LogP contribution in [0.5, 0.6) is 0 Å². The molecular formula is C17H25N3O. The third-order valence-electron chi connectivity index (χ3n) is 5.72. The third kappa shape index (κ3) is 2.30. The maximum absolute atomic E-state index is 6.63. The number of rotatable bonds is 1. The SMILES string of the molecule is NC1c2ccccc2CC12CCN(N1CCOCC1)CC2. The fourth-order valence-corrected chi connectivity index (χ4v) is 4.37. The molecule has 4 nitrogen and oxygen atoms in total. The van der Waals surface area contributed by atoms with Crippen LogP contribution in [-0.4, -0.2) is 49.4 Å². The second kappa shape index (κ2) is 5.36. The van der Waals surface area contributed by atoms with Crippen molar-refractivity contribution >= 4 is 0 Å². The Morgan fingerprint density at radius 2 is 1.67 bits per heavy atom. The molecule has 1 aromatic carbocycles. The summed E-state index contributed by atoms with van der Waals surface area (Å²) in [5, 5.41) is 5.01. The van der Waals surface area contributed by atoms with Gasteiger partial charge in [-0.25, -0.2) is 10.0 Å². The van der Waals surface area contributed by atoms with E-state index in [4.69, 9.17) is 10.5 Å². The molecule has 0 saturated carbocycles. The smallest absolute Gasteiger partial charge is 0.0608 e. The Morgan fingerprint density at radius 1 is 1.00 bits per heavy atom. The highest BCUT2D eigenvalue weighted by molar-refractivity contribution is 5.38. The predicted molar refractivity (Wildman–Crippen MR) is 82.7 cm³/mol. The second-order valence-electron chi connectivity index (χ2n) is 6.74. The van der Waals surface area contributed by atoms with Gasteiger partial charge in [-0.05, 0) is 35.8 Å². The average molecular weight is 287 g/mol. The predicted octanol–water partition coefficient (Wildman–Crippen LogP) is 1.57. The Bertz CT molecular complexity index is 505. The van der Waals surface area contributed by atoms with Crippen molar-refractivity contribution in [3.8, 4) is 0 Å². The number of ether oxygens (including phenoxy) is 1. The van der Waals surface area contributed by atoms with E-state index in [0.717, 1.165) is 39.4 Å². The van der Waals surface area contributed by atoms with E-state index in [-0.39, 0.29) is 6.04 Å². The van der Waals surface area contributed by atoms with Gasteiger partial charge in [0.2, 0.25) is 0 Å². The maximum atomic E-state index is 6.63. The summed E-state index contributed by atoms with van der Waals surface area (Å²) in [6, 6.07) is 8.98. The number of fused-ring (bicyclic) bond motifs is 1. The van der Waals surface area contributed by atoms with Crippen LogP contribution in [0.1, 0.15) is 30.0 Å². The fraction of sp³-hybridized carbons (Fsp3) is 0.647. The first-order chi connectivity index (χ1) is 10.3. The van der Waals surface area contributed by atoms with Gasteiger partial charge in [0.05, 0.1) is 13.2 Å². The average Bonchev–Trinajstić information content (AvgIpc) is 2.82. The molecule has 2 aliphatic heterocycles. The first kappa shape index (κ1) is 13.7. The summed E-state index contributed by atoms with van der Waals surface area (Å²) in [4.78, 5) is 0. The van der Waals surface area contributed by atoms with Gasteiger partial charge in [0.1, 0.15) is 0 Å². The summed E-state index contributed by atoms with van der Waals surface area (Å²) >= 11 is 0. The van der Waals surface area contributed by atoms with Crippen LogP contribution in [0.4, 0.5) is 0 Å². The van der Waals surface area contributed by atoms with Crippen molar-refractivity contribution in [1.29, 1.82) is 0 Å². The minimum atomic E-state index is 0.223. The normalized spacial score (nSPS) is 29.7. The Kier molecular flexibility index (Phi) is 3.50. The van der Waals surface area contributed by atoms with E-state index in [2.05, 4.69) is 34.3 Å². The molecule has 1 atom stereocenters. The minimum Gasteiger partial charge on any atom is -0.379 e. The van der Waals surface area contributed by atoms with Gasteiger partial charge in [0.15, 0.2) is 0 Å². The molecule has 21 heavy (non-hydrogen) atoms. The lowest BCUT2D eigenvalue weighted by atomic mass is 9.73. The highest BCUT2D eigenvalue weighted by atomic mass is 16.5. The van der Waals surface area contributed by atoms with Crippen LogP contribution in [0.3, 0.4) is 0 Å². The van der Waals surface area contributed by atoms with E-state index in [1.807, 2.05) is 0 Å². The van der Waals surface area contributed by atoms with Crippen molar-refractivity contribution in [2.75, 3.05) is 39.4 Å². The van der Waals surface area contributed by atoms with Crippen LogP contribution in [-0.2, 0) is 11.2 Å². The standard InChI is InChI=1S/C17H25N3O/c18-16-15-4-2-1-3-14(15)13-17(16)5-7-19(8-6-17)20-9-11-21-12-10-20/h1-4,16H,5-13,18H2. The Labute approximate surface area is 126 Å². The summed E-state index contributed by atoms with van der Waals surface area (Å²) < 4.78 is 5.45. The van der Waals surface area contributed by atoms with Gasteiger partial charge >= 0.3 is 0 Å². The third-order valence-corrected chi connectivity index (χ3v) is 5.72. The zero-order chi connectivity index (χ0) is 14.3. The zero-order valence-corrected chi connectivity index (χ0v) is 12.6. The first-order valence-electron chi connectivity index (χ1n) is 8.19. The largest absolute Gasteiger partial charge is 0.379 e. The molecule has 1 aliphatic carbocycles. The summed E-state index contributed by atoms with van der Waals surface area (Å²) in [5.74, 6) is 0. The van der Waals surface area contributed by atoms with Crippen molar-refractivity contribution in [2.45, 2.75) is 25.3 Å². The first-order valence-corrected chi connectivity index (χ1v) is 8.19. The minimum absolute atomic E-state index is 0.223. The molecule has 0 amide bonds. The van der Waals surface area contributed by atoms with Crippen LogP contribution in [0.15, 0.2) is 24.3 Å². The number of nitrogens with two attached hydrogens (primary N) is 1. The Hall–Kier alpha value is -0.940. The van der Waals surface area contributed by atoms with Crippen LogP contribution < -0.4 is 5.73 Å². The molecule has 114 valence electrons. The lowest BCUT2D eigenvalue weighted by Gasteiger charge is -2.46. The van der Waals surface area contributed by atoms with Crippen molar-refractivity contribution in [3.05, 3.63) is 35.4 Å². The number of hydrazine groups is 1. The molecule has 0 bridgehead atoms. The molecule has 1 unspecified atom stereocenters. The van der Waals surface area contributed by atoms with Crippen LogP contribution in [0.2, 0.25) is 0 Å². The van der Waals surface area contributed by atoms with Crippen LogP contribution in [0, 0.1) is 5.41 Å². The summed E-state index contributed by atoms with van der Waals surface area (Å²) in [7, 11) is 0. The number of morpholine rings is 1. The Balaban J connectivity index is 1.46. The second-order valence-corrected chi connectivity index (χ2v) is 6.74. The van der Waals surface area contributed by atoms with Gasteiger partial charge in [-0.1, -0.05) is 24.3 Å². The Morgan fingerprint density at radius 3 is 2.38 bits per heavy atom. The lowest BCUT2D eigenvalue weighted by molar-refractivity contribution is -0.115. The molecule has 2 saturated heterocycles. The quantitative estimate of drug-likeness (QED) is 0.851. The summed E-state index contributed by atoms with van der Waals surface area (Å²) in [5.41, 5.74) is 9.79. The van der Waals surface area contributed by atoms with Crippen LogP contribution >= 0.6 is 0 Å². The molecule has 0 aromatic heterocycles. The number of benzene rings is 1. The van der Waals surface area contributed by atoms with Gasteiger partial charge in [-0.3, -0.25) is 0 Å². The van der Waals surface area contributed by atoms with E-state index in [0.29, 0.717) is 5.41 Å². The lowest BCUT2D eigenvalue weighted by Crippen LogP contribution is -2.54. The summed E-state index contributed by atoms with van der Waals surface area (Å²) in [6.45, 7) is 6.10. The molecule has 3 aliphatic rings. The molecule has 4 heteroatoms. The number of hydrogen-bond acceptors (Lipinski definition) is 4. The van der Waals surface area contributed by atoms with Gasteiger partial charge in [-0.15, -0.1) is 0 Å². The molecule has 2 heterocycles. The van der Waals surface area contributed by atoms with Crippen molar-refractivity contribution < 1.29 is 4.74 Å². The maximum Gasteiger partial charge on any atom is 0.0608 e. The fourth-order valence-electron chi connectivity index (χ4n) is 4.37. The molecule has 2 N–H and O–H groups in total. The van der Waals surface area contributed by atoms with Crippen molar-refractivity contribution in [1.82, 2.24) is 10.0 Å². The molecule has 1 spiro atoms. The van der Waals surface area contributed by atoms with E-state index in [1.54, 1.807) is 0 Å². The molecule has 1 aromatic rings. The van der Waals surface area contributed by atoms with Crippen molar-refractivity contribution in [2.24, 2.45) is 11.1 Å². The molecule has 0 radical (unpaired) electrons. The monoisotopic (exact) mass is 287 g/mol. The summed E-state index contributed by atoms with van der Waals surface area (Å²) in [6.07, 6.45) is 3.59. The van der Waals surface area contributed by atoms with Crippen molar-refractivity contribution in [3.63, 3.8) is 0 Å². The molecule has 2 fully saturated rings. The highest BCUT2D eigenvalue weighted by Crippen LogP contribution is 2.50. The topological polar surface area (TPSA) is 41.7 Å². The van der Waals surface area contributed by atoms with Gasteiger partial charge in [-0.2, -0.15) is 0 Å². The number of piperidine rings is 1. The van der Waals surface area contributed by atoms with Gasteiger partial charge in [0, 0.05) is 32.2 Å². The highest BCUT2D eigenvalue weighted by Gasteiger charge is 2.46. The van der Waals surface area contributed by atoms with Gasteiger partial charge < -0.3 is 10.5 Å². The van der Waals surface area contributed by atoms with E-state index in [1.165, 1.54) is 30.4 Å². The molecule has 4 rings (SSSR count).